The van der Waals surface area contributed by atoms with Crippen LogP contribution in [-0.2, 0) is 13.0 Å². The predicted molar refractivity (Wildman–Crippen MR) is 84.9 cm³/mol. The third-order valence-electron chi connectivity index (χ3n) is 3.86. The molecule has 1 aliphatic heterocycles. The topological polar surface area (TPSA) is 50.9 Å². The van der Waals surface area contributed by atoms with E-state index in [1.165, 1.54) is 22.3 Å². The van der Waals surface area contributed by atoms with Gasteiger partial charge >= 0.3 is 0 Å². The van der Waals surface area contributed by atoms with Crippen LogP contribution in [-0.4, -0.2) is 11.5 Å². The minimum Gasteiger partial charge on any atom is -0.375 e. The molecule has 0 amide bonds. The van der Waals surface area contributed by atoms with Gasteiger partial charge in [-0.15, -0.1) is 0 Å². The van der Waals surface area contributed by atoms with Crippen LogP contribution in [0, 0.1) is 0 Å². The number of rotatable bonds is 1. The number of hydrogen-bond donors (Lipinski definition) is 2. The Morgan fingerprint density at radius 3 is 3.10 bits per heavy atom. The fourth-order valence-corrected chi connectivity index (χ4v) is 3.69. The van der Waals surface area contributed by atoms with Gasteiger partial charge in [0.25, 0.3) is 0 Å². The van der Waals surface area contributed by atoms with Gasteiger partial charge in [0.1, 0.15) is 0 Å². The fraction of sp³-hybridized carbons (Fsp3) is 0.188. The van der Waals surface area contributed by atoms with Crippen molar-refractivity contribution in [3.05, 3.63) is 47.5 Å². The summed E-state index contributed by atoms with van der Waals surface area (Å²) < 4.78 is 1.16. The summed E-state index contributed by atoms with van der Waals surface area (Å²) in [5, 5.41) is 4.06. The molecule has 0 radical (unpaired) electrons. The Labute approximate surface area is 121 Å². The average Bonchev–Trinajstić information content (AvgIpc) is 2.85. The maximum absolute atomic E-state index is 5.79. The molecule has 3 aromatic rings. The third-order valence-corrected chi connectivity index (χ3v) is 4.70. The first-order valence-corrected chi connectivity index (χ1v) is 7.61. The van der Waals surface area contributed by atoms with E-state index < -0.39 is 0 Å². The summed E-state index contributed by atoms with van der Waals surface area (Å²) in [6, 6.07) is 13.0. The van der Waals surface area contributed by atoms with Crippen molar-refractivity contribution in [3.8, 4) is 11.1 Å². The zero-order chi connectivity index (χ0) is 13.5. The number of thiazole rings is 1. The van der Waals surface area contributed by atoms with E-state index in [2.05, 4.69) is 46.7 Å². The summed E-state index contributed by atoms with van der Waals surface area (Å²) in [7, 11) is 0. The van der Waals surface area contributed by atoms with Crippen molar-refractivity contribution in [1.82, 2.24) is 10.3 Å². The number of nitrogens with two attached hydrogens (primary N) is 1. The second-order valence-electron chi connectivity index (χ2n) is 5.10. The van der Waals surface area contributed by atoms with Crippen LogP contribution < -0.4 is 11.1 Å². The minimum atomic E-state index is 0.636. The van der Waals surface area contributed by atoms with Crippen LogP contribution in [0.3, 0.4) is 0 Å². The smallest absolute Gasteiger partial charge is 0.181 e. The van der Waals surface area contributed by atoms with Gasteiger partial charge in [0.2, 0.25) is 0 Å². The summed E-state index contributed by atoms with van der Waals surface area (Å²) >= 11 is 1.55. The van der Waals surface area contributed by atoms with Crippen LogP contribution >= 0.6 is 11.3 Å². The number of anilines is 1. The number of benzene rings is 2. The molecule has 0 unspecified atom stereocenters. The Bertz CT molecular complexity index is 792. The SMILES string of the molecule is Nc1nc2ccc(-c3cccc4c3CCNC4)cc2s1. The number of nitrogen functional groups attached to an aromatic ring is 1. The lowest BCUT2D eigenvalue weighted by Crippen LogP contribution is -2.23. The van der Waals surface area contributed by atoms with E-state index in [0.29, 0.717) is 5.13 Å². The molecule has 20 heavy (non-hydrogen) atoms. The summed E-state index contributed by atoms with van der Waals surface area (Å²) in [4.78, 5) is 4.32. The van der Waals surface area contributed by atoms with Crippen molar-refractivity contribution in [2.24, 2.45) is 0 Å². The summed E-state index contributed by atoms with van der Waals surface area (Å²) in [5.74, 6) is 0. The molecule has 4 heteroatoms. The van der Waals surface area contributed by atoms with Crippen LogP contribution in [0.4, 0.5) is 5.13 Å². The molecule has 2 aromatic carbocycles. The molecule has 4 rings (SSSR count). The van der Waals surface area contributed by atoms with E-state index in [1.54, 1.807) is 11.3 Å². The monoisotopic (exact) mass is 281 g/mol. The third kappa shape index (κ3) is 1.88. The fourth-order valence-electron chi connectivity index (χ4n) is 2.91. The molecule has 1 aromatic heterocycles. The van der Waals surface area contributed by atoms with Crippen molar-refractivity contribution in [3.63, 3.8) is 0 Å². The first-order valence-electron chi connectivity index (χ1n) is 6.79. The number of aromatic nitrogens is 1. The quantitative estimate of drug-likeness (QED) is 0.720. The van der Waals surface area contributed by atoms with Gasteiger partial charge < -0.3 is 11.1 Å². The van der Waals surface area contributed by atoms with Crippen molar-refractivity contribution < 1.29 is 0 Å². The second-order valence-corrected chi connectivity index (χ2v) is 6.17. The van der Waals surface area contributed by atoms with Gasteiger partial charge in [-0.2, -0.15) is 0 Å². The predicted octanol–water partition coefficient (Wildman–Crippen LogP) is 3.19. The molecule has 3 N–H and O–H groups in total. The Hall–Kier alpha value is -1.91. The van der Waals surface area contributed by atoms with E-state index in [9.17, 15) is 0 Å². The molecule has 2 heterocycles. The Morgan fingerprint density at radius 1 is 1.20 bits per heavy atom. The van der Waals surface area contributed by atoms with E-state index in [0.717, 1.165) is 29.7 Å². The van der Waals surface area contributed by atoms with Gasteiger partial charge in [-0.05, 0) is 47.4 Å². The lowest BCUT2D eigenvalue weighted by atomic mass is 9.91. The molecule has 1 aliphatic rings. The van der Waals surface area contributed by atoms with E-state index in [-0.39, 0.29) is 0 Å². The summed E-state index contributed by atoms with van der Waals surface area (Å²) in [6.07, 6.45) is 1.09. The van der Waals surface area contributed by atoms with E-state index in [4.69, 9.17) is 5.73 Å². The Kier molecular flexibility index (Phi) is 2.72. The van der Waals surface area contributed by atoms with Crippen LogP contribution in [0.25, 0.3) is 21.3 Å². The maximum Gasteiger partial charge on any atom is 0.181 e. The van der Waals surface area contributed by atoms with Crippen LogP contribution in [0.15, 0.2) is 36.4 Å². The first kappa shape index (κ1) is 11.9. The van der Waals surface area contributed by atoms with Gasteiger partial charge in [-0.3, -0.25) is 0 Å². The molecule has 0 bridgehead atoms. The highest BCUT2D eigenvalue weighted by Gasteiger charge is 2.14. The Balaban J connectivity index is 1.90. The van der Waals surface area contributed by atoms with Gasteiger partial charge in [0.05, 0.1) is 10.2 Å². The molecule has 3 nitrogen and oxygen atoms in total. The highest BCUT2D eigenvalue weighted by atomic mass is 32.1. The maximum atomic E-state index is 5.79. The van der Waals surface area contributed by atoms with Crippen molar-refractivity contribution >= 4 is 26.7 Å². The van der Waals surface area contributed by atoms with Gasteiger partial charge in [0, 0.05) is 6.54 Å². The number of nitrogens with one attached hydrogen (secondary N) is 1. The van der Waals surface area contributed by atoms with Crippen molar-refractivity contribution in [2.45, 2.75) is 13.0 Å². The zero-order valence-corrected chi connectivity index (χ0v) is 11.8. The van der Waals surface area contributed by atoms with Crippen LogP contribution in [0.2, 0.25) is 0 Å². The summed E-state index contributed by atoms with van der Waals surface area (Å²) in [5.41, 5.74) is 12.3. The average molecular weight is 281 g/mol. The standard InChI is InChI=1S/C16H15N3S/c17-16-19-14-5-4-10(8-15(14)20-16)12-3-1-2-11-9-18-7-6-13(11)12/h1-5,8,18H,6-7,9H2,(H2,17,19). The van der Waals surface area contributed by atoms with Gasteiger partial charge in [-0.1, -0.05) is 35.6 Å². The highest BCUT2D eigenvalue weighted by Crippen LogP contribution is 2.32. The minimum absolute atomic E-state index is 0.636. The zero-order valence-electron chi connectivity index (χ0n) is 11.0. The molecular weight excluding hydrogens is 266 g/mol. The van der Waals surface area contributed by atoms with Gasteiger partial charge in [-0.25, -0.2) is 4.98 Å². The second kappa shape index (κ2) is 4.58. The molecular formula is C16H15N3S. The largest absolute Gasteiger partial charge is 0.375 e. The van der Waals surface area contributed by atoms with Crippen LogP contribution in [0.5, 0.6) is 0 Å². The van der Waals surface area contributed by atoms with Crippen molar-refractivity contribution in [1.29, 1.82) is 0 Å². The van der Waals surface area contributed by atoms with E-state index >= 15 is 0 Å². The highest BCUT2D eigenvalue weighted by molar-refractivity contribution is 7.22. The Morgan fingerprint density at radius 2 is 2.15 bits per heavy atom. The molecule has 0 aliphatic carbocycles. The van der Waals surface area contributed by atoms with Crippen molar-refractivity contribution in [2.75, 3.05) is 12.3 Å². The molecule has 100 valence electrons. The lowest BCUT2D eigenvalue weighted by molar-refractivity contribution is 0.645. The summed E-state index contributed by atoms with van der Waals surface area (Å²) in [6.45, 7) is 2.03. The number of hydrogen-bond acceptors (Lipinski definition) is 4. The number of fused-ring (bicyclic) bond motifs is 2. The number of nitrogens with zero attached hydrogens (tertiary/aromatic N) is 1. The molecule has 0 saturated carbocycles. The lowest BCUT2D eigenvalue weighted by Gasteiger charge is -2.20. The van der Waals surface area contributed by atoms with Gasteiger partial charge in [0.15, 0.2) is 5.13 Å². The van der Waals surface area contributed by atoms with Crippen LogP contribution in [0.1, 0.15) is 11.1 Å². The molecule has 0 fully saturated rings. The molecule has 0 atom stereocenters. The molecule has 0 spiro atoms. The normalized spacial score (nSPS) is 14.4. The van der Waals surface area contributed by atoms with E-state index in [1.807, 2.05) is 0 Å². The molecule has 0 saturated heterocycles. The first-order chi connectivity index (χ1) is 9.81.